The van der Waals surface area contributed by atoms with Crippen LogP contribution in [-0.4, -0.2) is 38.2 Å². The van der Waals surface area contributed by atoms with E-state index in [9.17, 15) is 0 Å². The molecule has 21 heavy (non-hydrogen) atoms. The highest BCUT2D eigenvalue weighted by Gasteiger charge is 2.23. The van der Waals surface area contributed by atoms with Crippen LogP contribution in [0.1, 0.15) is 31.4 Å². The molecule has 1 aromatic carbocycles. The first-order valence-corrected chi connectivity index (χ1v) is 7.83. The van der Waals surface area contributed by atoms with E-state index >= 15 is 0 Å². The van der Waals surface area contributed by atoms with Gasteiger partial charge in [-0.3, -0.25) is 4.90 Å². The van der Waals surface area contributed by atoms with Crippen molar-refractivity contribution in [2.24, 2.45) is 0 Å². The molecule has 1 aliphatic heterocycles. The summed E-state index contributed by atoms with van der Waals surface area (Å²) < 4.78 is 6.56. The molecule has 0 amide bonds. The van der Waals surface area contributed by atoms with E-state index in [0.717, 1.165) is 31.9 Å². The average Bonchev–Trinajstić information content (AvgIpc) is 2.47. The molecule has 1 aliphatic rings. The zero-order chi connectivity index (χ0) is 13.7. The number of piperazine rings is 1. The fourth-order valence-corrected chi connectivity index (χ4v) is 3.22. The van der Waals surface area contributed by atoms with Gasteiger partial charge in [-0.05, 0) is 30.2 Å². The van der Waals surface area contributed by atoms with E-state index < -0.39 is 0 Å². The predicted octanol–water partition coefficient (Wildman–Crippen LogP) is 4.05. The van der Waals surface area contributed by atoms with Gasteiger partial charge in [0.1, 0.15) is 5.75 Å². The summed E-state index contributed by atoms with van der Waals surface area (Å²) in [4.78, 5) is 2.58. The largest absolute Gasteiger partial charge is 0.497 e. The zero-order valence-corrected chi connectivity index (χ0v) is 15.8. The van der Waals surface area contributed by atoms with Gasteiger partial charge in [0, 0.05) is 36.7 Å². The number of nitrogens with zero attached hydrogens (tertiary/aromatic N) is 1. The number of nitrogens with one attached hydrogen (secondary N) is 1. The van der Waals surface area contributed by atoms with E-state index in [2.05, 4.69) is 45.2 Å². The molecule has 0 bridgehead atoms. The molecule has 1 atom stereocenters. The molecule has 122 valence electrons. The van der Waals surface area contributed by atoms with Crippen LogP contribution >= 0.6 is 40.7 Å². The van der Waals surface area contributed by atoms with Gasteiger partial charge in [0.25, 0.3) is 0 Å². The highest BCUT2D eigenvalue weighted by molar-refractivity contribution is 9.10. The number of ether oxygens (including phenoxy) is 1. The summed E-state index contributed by atoms with van der Waals surface area (Å²) in [6.45, 7) is 6.66. The molecule has 1 heterocycles. The minimum Gasteiger partial charge on any atom is -0.497 e. The second-order valence-corrected chi connectivity index (χ2v) is 5.83. The predicted molar refractivity (Wildman–Crippen MR) is 97.3 cm³/mol. The first kappa shape index (κ1) is 21.0. The Hall–Kier alpha value is -0.000000000000000222. The molecule has 0 spiro atoms. The molecule has 0 saturated carbocycles. The molecular weight excluding hydrogens is 375 g/mol. The minimum absolute atomic E-state index is 0. The first-order chi connectivity index (χ1) is 9.26. The summed E-state index contributed by atoms with van der Waals surface area (Å²) in [5.41, 5.74) is 1.35. The van der Waals surface area contributed by atoms with E-state index in [4.69, 9.17) is 4.74 Å². The topological polar surface area (TPSA) is 24.5 Å². The third kappa shape index (κ3) is 5.61. The van der Waals surface area contributed by atoms with Crippen molar-refractivity contribution in [1.82, 2.24) is 10.2 Å². The Bertz CT molecular complexity index is 415. The van der Waals surface area contributed by atoms with Gasteiger partial charge in [-0.25, -0.2) is 0 Å². The van der Waals surface area contributed by atoms with Gasteiger partial charge in [0.15, 0.2) is 0 Å². The van der Waals surface area contributed by atoms with Crippen molar-refractivity contribution in [1.29, 1.82) is 0 Å². The third-order valence-corrected chi connectivity index (χ3v) is 4.44. The number of rotatable bonds is 5. The molecule has 1 fully saturated rings. The van der Waals surface area contributed by atoms with Crippen LogP contribution in [0.5, 0.6) is 5.75 Å². The monoisotopic (exact) mass is 398 g/mol. The van der Waals surface area contributed by atoms with Gasteiger partial charge in [-0.1, -0.05) is 29.3 Å². The van der Waals surface area contributed by atoms with Crippen molar-refractivity contribution >= 4 is 40.7 Å². The molecule has 2 rings (SSSR count). The van der Waals surface area contributed by atoms with Crippen molar-refractivity contribution < 1.29 is 4.74 Å². The second kappa shape index (κ2) is 10.7. The molecule has 1 aromatic rings. The standard InChI is InChI=1S/C15H23BrN2O.2ClH/c1-3-4-15(18-9-7-17-8-10-18)13-11-12(19-2)5-6-14(13)16;;/h5-6,11,15,17H,3-4,7-10H2,1-2H3;2*1H/t15-;;/m0../s1. The van der Waals surface area contributed by atoms with Crippen LogP contribution in [-0.2, 0) is 0 Å². The molecule has 1 N–H and O–H groups in total. The van der Waals surface area contributed by atoms with Crippen LogP contribution in [0.4, 0.5) is 0 Å². The van der Waals surface area contributed by atoms with Crippen molar-refractivity contribution in [2.45, 2.75) is 25.8 Å². The number of hydrogen-bond acceptors (Lipinski definition) is 3. The van der Waals surface area contributed by atoms with E-state index in [1.54, 1.807) is 7.11 Å². The number of halogens is 3. The number of benzene rings is 1. The second-order valence-electron chi connectivity index (χ2n) is 4.98. The maximum atomic E-state index is 5.37. The fraction of sp³-hybridized carbons (Fsp3) is 0.600. The van der Waals surface area contributed by atoms with E-state index in [0.29, 0.717) is 6.04 Å². The summed E-state index contributed by atoms with van der Waals surface area (Å²) in [5, 5.41) is 3.42. The summed E-state index contributed by atoms with van der Waals surface area (Å²) >= 11 is 3.70. The highest BCUT2D eigenvalue weighted by atomic mass is 79.9. The normalized spacial score (nSPS) is 16.5. The summed E-state index contributed by atoms with van der Waals surface area (Å²) in [6, 6.07) is 6.76. The summed E-state index contributed by atoms with van der Waals surface area (Å²) in [6.07, 6.45) is 2.38. The van der Waals surface area contributed by atoms with Crippen molar-refractivity contribution in [2.75, 3.05) is 33.3 Å². The molecule has 0 radical (unpaired) electrons. The van der Waals surface area contributed by atoms with Crippen molar-refractivity contribution in [3.63, 3.8) is 0 Å². The average molecular weight is 400 g/mol. The Balaban J connectivity index is 0.00000200. The SMILES string of the molecule is CCC[C@@H](c1cc(OC)ccc1Br)N1CCNCC1.Cl.Cl. The maximum Gasteiger partial charge on any atom is 0.119 e. The smallest absolute Gasteiger partial charge is 0.119 e. The molecule has 0 unspecified atom stereocenters. The molecule has 0 aromatic heterocycles. The lowest BCUT2D eigenvalue weighted by Crippen LogP contribution is -2.45. The Morgan fingerprint density at radius 1 is 1.29 bits per heavy atom. The van der Waals surface area contributed by atoms with E-state index in [-0.39, 0.29) is 24.8 Å². The zero-order valence-electron chi connectivity index (χ0n) is 12.6. The molecule has 0 aliphatic carbocycles. The molecule has 1 saturated heterocycles. The lowest BCUT2D eigenvalue weighted by atomic mass is 9.99. The Labute approximate surface area is 148 Å². The van der Waals surface area contributed by atoms with Gasteiger partial charge >= 0.3 is 0 Å². The van der Waals surface area contributed by atoms with Gasteiger partial charge in [0.2, 0.25) is 0 Å². The highest BCUT2D eigenvalue weighted by Crippen LogP contribution is 2.34. The minimum atomic E-state index is 0. The molecular formula is C15H25BrCl2N2O. The maximum absolute atomic E-state index is 5.37. The van der Waals surface area contributed by atoms with E-state index in [1.165, 1.54) is 22.9 Å². The van der Waals surface area contributed by atoms with Crippen LogP contribution in [0.25, 0.3) is 0 Å². The quantitative estimate of drug-likeness (QED) is 0.808. The summed E-state index contributed by atoms with van der Waals surface area (Å²) in [7, 11) is 1.73. The van der Waals surface area contributed by atoms with Crippen LogP contribution in [0, 0.1) is 0 Å². The van der Waals surface area contributed by atoms with E-state index in [1.807, 2.05) is 6.07 Å². The van der Waals surface area contributed by atoms with Gasteiger partial charge in [-0.15, -0.1) is 24.8 Å². The Morgan fingerprint density at radius 3 is 2.52 bits per heavy atom. The van der Waals surface area contributed by atoms with Gasteiger partial charge < -0.3 is 10.1 Å². The van der Waals surface area contributed by atoms with Crippen molar-refractivity contribution in [3.05, 3.63) is 28.2 Å². The molecule has 6 heteroatoms. The lowest BCUT2D eigenvalue weighted by Gasteiger charge is -2.35. The molecule has 3 nitrogen and oxygen atoms in total. The van der Waals surface area contributed by atoms with Crippen molar-refractivity contribution in [3.8, 4) is 5.75 Å². The Morgan fingerprint density at radius 2 is 1.95 bits per heavy atom. The number of methoxy groups -OCH3 is 1. The summed E-state index contributed by atoms with van der Waals surface area (Å²) in [5.74, 6) is 0.939. The van der Waals surface area contributed by atoms with Crippen LogP contribution in [0.3, 0.4) is 0 Å². The van der Waals surface area contributed by atoms with Crippen LogP contribution in [0.2, 0.25) is 0 Å². The van der Waals surface area contributed by atoms with Crippen LogP contribution < -0.4 is 10.1 Å². The lowest BCUT2D eigenvalue weighted by molar-refractivity contribution is 0.164. The van der Waals surface area contributed by atoms with Gasteiger partial charge in [0.05, 0.1) is 7.11 Å². The number of hydrogen-bond donors (Lipinski definition) is 1. The van der Waals surface area contributed by atoms with Gasteiger partial charge in [-0.2, -0.15) is 0 Å². The fourth-order valence-electron chi connectivity index (χ4n) is 2.71. The third-order valence-electron chi connectivity index (χ3n) is 3.72. The first-order valence-electron chi connectivity index (χ1n) is 7.04. The Kier molecular flexibility index (Phi) is 10.7. The van der Waals surface area contributed by atoms with Crippen LogP contribution in [0.15, 0.2) is 22.7 Å².